The van der Waals surface area contributed by atoms with Gasteiger partial charge in [0.2, 0.25) is 5.91 Å². The number of carbonyl (C=O) groups excluding carboxylic acids is 2. The van der Waals surface area contributed by atoms with Crippen molar-refractivity contribution in [3.05, 3.63) is 78.0 Å². The van der Waals surface area contributed by atoms with Gasteiger partial charge in [-0.2, -0.15) is 0 Å². The molecule has 0 aliphatic heterocycles. The van der Waals surface area contributed by atoms with Crippen molar-refractivity contribution >= 4 is 28.9 Å². The van der Waals surface area contributed by atoms with Crippen LogP contribution in [0.25, 0.3) is 17.0 Å². The average Bonchev–Trinajstić information content (AvgIpc) is 3.10. The number of nitrogens with one attached hydrogen (secondary N) is 2. The average molecular weight is 362 g/mol. The molecule has 0 aliphatic rings. The molecule has 0 bridgehead atoms. The summed E-state index contributed by atoms with van der Waals surface area (Å²) >= 11 is 0. The van der Waals surface area contributed by atoms with Crippen molar-refractivity contribution in [3.8, 4) is 0 Å². The van der Waals surface area contributed by atoms with Gasteiger partial charge in [0, 0.05) is 29.6 Å². The van der Waals surface area contributed by atoms with Crippen molar-refractivity contribution in [1.29, 1.82) is 0 Å². The van der Waals surface area contributed by atoms with Crippen LogP contribution in [0.15, 0.2) is 66.9 Å². The normalized spacial score (nSPS) is 12.2. The summed E-state index contributed by atoms with van der Waals surface area (Å²) in [4.78, 5) is 27.8. The Bertz CT molecular complexity index is 944. The van der Waals surface area contributed by atoms with E-state index in [-0.39, 0.29) is 12.5 Å². The summed E-state index contributed by atoms with van der Waals surface area (Å²) in [6, 6.07) is 16.6. The zero-order valence-electron chi connectivity index (χ0n) is 15.1. The first-order chi connectivity index (χ1) is 13.2. The van der Waals surface area contributed by atoms with Gasteiger partial charge in [-0.25, -0.2) is 4.79 Å². The Morgan fingerprint density at radius 3 is 2.63 bits per heavy atom. The van der Waals surface area contributed by atoms with E-state index in [1.165, 1.54) is 6.08 Å². The molecular weight excluding hydrogens is 340 g/mol. The van der Waals surface area contributed by atoms with E-state index in [4.69, 9.17) is 4.74 Å². The number of aromatic nitrogens is 1. The highest BCUT2D eigenvalue weighted by molar-refractivity contribution is 5.95. The molecule has 0 radical (unpaired) electrons. The Hall–Kier alpha value is -3.34. The lowest BCUT2D eigenvalue weighted by Crippen LogP contribution is -2.42. The van der Waals surface area contributed by atoms with Gasteiger partial charge in [0.05, 0.1) is 6.61 Å². The first kappa shape index (κ1) is 18.5. The van der Waals surface area contributed by atoms with Gasteiger partial charge >= 0.3 is 5.97 Å². The van der Waals surface area contributed by atoms with Crippen LogP contribution in [0.1, 0.15) is 18.1 Å². The minimum absolute atomic E-state index is 0.263. The molecule has 27 heavy (non-hydrogen) atoms. The fourth-order valence-electron chi connectivity index (χ4n) is 2.91. The summed E-state index contributed by atoms with van der Waals surface area (Å²) in [5.74, 6) is -0.777. The maximum absolute atomic E-state index is 12.3. The molecule has 1 heterocycles. The Kier molecular flexibility index (Phi) is 6.05. The summed E-state index contributed by atoms with van der Waals surface area (Å²) in [5, 5.41) is 3.79. The van der Waals surface area contributed by atoms with Gasteiger partial charge in [0.1, 0.15) is 6.04 Å². The van der Waals surface area contributed by atoms with E-state index < -0.39 is 12.0 Å². The first-order valence-corrected chi connectivity index (χ1v) is 8.92. The van der Waals surface area contributed by atoms with E-state index in [1.807, 2.05) is 60.8 Å². The lowest BCUT2D eigenvalue weighted by Gasteiger charge is -2.16. The number of amides is 1. The monoisotopic (exact) mass is 362 g/mol. The highest BCUT2D eigenvalue weighted by Gasteiger charge is 2.23. The smallest absolute Gasteiger partial charge is 0.328 e. The van der Waals surface area contributed by atoms with Crippen LogP contribution < -0.4 is 5.32 Å². The molecule has 1 atom stereocenters. The molecule has 0 unspecified atom stereocenters. The quantitative estimate of drug-likeness (QED) is 0.499. The first-order valence-electron chi connectivity index (χ1n) is 8.92. The zero-order valence-corrected chi connectivity index (χ0v) is 15.1. The maximum atomic E-state index is 12.3. The van der Waals surface area contributed by atoms with Crippen LogP contribution >= 0.6 is 0 Å². The Morgan fingerprint density at radius 2 is 1.85 bits per heavy atom. The minimum atomic E-state index is -0.753. The van der Waals surface area contributed by atoms with Crippen molar-refractivity contribution in [2.24, 2.45) is 0 Å². The van der Waals surface area contributed by atoms with Crippen LogP contribution in [0.2, 0.25) is 0 Å². The fourth-order valence-corrected chi connectivity index (χ4v) is 2.91. The van der Waals surface area contributed by atoms with Gasteiger partial charge in [0.15, 0.2) is 0 Å². The number of H-pyrrole nitrogens is 1. The second-order valence-corrected chi connectivity index (χ2v) is 6.12. The molecule has 1 aromatic heterocycles. The molecule has 5 nitrogen and oxygen atoms in total. The predicted molar refractivity (Wildman–Crippen MR) is 106 cm³/mol. The van der Waals surface area contributed by atoms with Gasteiger partial charge in [0.25, 0.3) is 0 Å². The molecule has 1 amide bonds. The Balaban J connectivity index is 1.74. The summed E-state index contributed by atoms with van der Waals surface area (Å²) < 4.78 is 5.14. The number of aromatic amines is 1. The van der Waals surface area contributed by atoms with Crippen LogP contribution in [0, 0.1) is 0 Å². The van der Waals surface area contributed by atoms with E-state index in [0.717, 1.165) is 22.0 Å². The van der Waals surface area contributed by atoms with Gasteiger partial charge in [-0.05, 0) is 30.2 Å². The third kappa shape index (κ3) is 4.85. The molecule has 3 rings (SSSR count). The second kappa shape index (κ2) is 8.85. The van der Waals surface area contributed by atoms with Crippen LogP contribution in [-0.2, 0) is 20.7 Å². The van der Waals surface area contributed by atoms with Gasteiger partial charge in [-0.15, -0.1) is 0 Å². The SMILES string of the molecule is CCOC(=O)[C@@H](Cc1c[nH]c2ccccc12)NC(=O)/C=C/c1ccccc1. The molecule has 0 saturated carbocycles. The molecule has 5 heteroatoms. The summed E-state index contributed by atoms with van der Waals surface area (Å²) in [6.45, 7) is 2.01. The van der Waals surface area contributed by atoms with Gasteiger partial charge in [-0.1, -0.05) is 48.5 Å². The molecule has 3 aromatic rings. The molecule has 0 saturated heterocycles. The highest BCUT2D eigenvalue weighted by atomic mass is 16.5. The van der Waals surface area contributed by atoms with Crippen LogP contribution in [0.3, 0.4) is 0 Å². The van der Waals surface area contributed by atoms with Crippen molar-refractivity contribution in [3.63, 3.8) is 0 Å². The number of fused-ring (bicyclic) bond motifs is 1. The maximum Gasteiger partial charge on any atom is 0.328 e. The molecule has 2 aromatic carbocycles. The summed E-state index contributed by atoms with van der Waals surface area (Å²) in [7, 11) is 0. The minimum Gasteiger partial charge on any atom is -0.464 e. The molecule has 0 spiro atoms. The number of para-hydroxylation sites is 1. The van der Waals surface area contributed by atoms with Crippen LogP contribution in [0.4, 0.5) is 0 Å². The molecule has 0 fully saturated rings. The largest absolute Gasteiger partial charge is 0.464 e. The molecule has 0 aliphatic carbocycles. The van der Waals surface area contributed by atoms with E-state index in [0.29, 0.717) is 6.42 Å². The number of ether oxygens (including phenoxy) is 1. The standard InChI is InChI=1S/C22H22N2O3/c1-2-27-22(26)20(14-17-15-23-19-11-7-6-10-18(17)19)24-21(25)13-12-16-8-4-3-5-9-16/h3-13,15,20,23H,2,14H2,1H3,(H,24,25)/b13-12+/t20-/m1/s1. The van der Waals surface area contributed by atoms with E-state index in [9.17, 15) is 9.59 Å². The number of esters is 1. The zero-order chi connectivity index (χ0) is 19.1. The van der Waals surface area contributed by atoms with E-state index in [1.54, 1.807) is 13.0 Å². The number of rotatable bonds is 7. The second-order valence-electron chi connectivity index (χ2n) is 6.12. The lowest BCUT2D eigenvalue weighted by atomic mass is 10.0. The topological polar surface area (TPSA) is 71.2 Å². The Morgan fingerprint density at radius 1 is 1.11 bits per heavy atom. The fraction of sp³-hybridized carbons (Fsp3) is 0.182. The van der Waals surface area contributed by atoms with Gasteiger partial charge < -0.3 is 15.0 Å². The van der Waals surface area contributed by atoms with Gasteiger partial charge in [-0.3, -0.25) is 4.79 Å². The van der Waals surface area contributed by atoms with Crippen LogP contribution in [0.5, 0.6) is 0 Å². The van der Waals surface area contributed by atoms with Crippen molar-refractivity contribution < 1.29 is 14.3 Å². The lowest BCUT2D eigenvalue weighted by molar-refractivity contribution is -0.146. The predicted octanol–water partition coefficient (Wildman–Crippen LogP) is 3.47. The molecular formula is C22H22N2O3. The number of benzene rings is 2. The van der Waals surface area contributed by atoms with Crippen molar-refractivity contribution in [2.45, 2.75) is 19.4 Å². The Labute approximate surface area is 158 Å². The third-order valence-corrected chi connectivity index (χ3v) is 4.21. The highest BCUT2D eigenvalue weighted by Crippen LogP contribution is 2.19. The number of hydrogen-bond donors (Lipinski definition) is 2. The number of hydrogen-bond acceptors (Lipinski definition) is 3. The van der Waals surface area contributed by atoms with E-state index >= 15 is 0 Å². The van der Waals surface area contributed by atoms with Crippen molar-refractivity contribution in [1.82, 2.24) is 10.3 Å². The van der Waals surface area contributed by atoms with E-state index in [2.05, 4.69) is 10.3 Å². The van der Waals surface area contributed by atoms with Crippen molar-refractivity contribution in [2.75, 3.05) is 6.61 Å². The third-order valence-electron chi connectivity index (χ3n) is 4.21. The van der Waals surface area contributed by atoms with Crippen LogP contribution in [-0.4, -0.2) is 29.5 Å². The molecule has 2 N–H and O–H groups in total. The number of carbonyl (C=O) groups is 2. The summed E-state index contributed by atoms with van der Waals surface area (Å²) in [5.41, 5.74) is 2.86. The molecule has 138 valence electrons. The summed E-state index contributed by atoms with van der Waals surface area (Å²) in [6.07, 6.45) is 5.36.